The van der Waals surface area contributed by atoms with Crippen LogP contribution in [0.3, 0.4) is 0 Å². The Bertz CT molecular complexity index is 953. The summed E-state index contributed by atoms with van der Waals surface area (Å²) >= 11 is 0. The number of pyridine rings is 1. The molecule has 1 aliphatic carbocycles. The van der Waals surface area contributed by atoms with Gasteiger partial charge in [0.25, 0.3) is 0 Å². The third kappa shape index (κ3) is 5.87. The Balaban J connectivity index is 1.42. The van der Waals surface area contributed by atoms with Gasteiger partial charge in [-0.2, -0.15) is 13.2 Å². The van der Waals surface area contributed by atoms with E-state index in [0.29, 0.717) is 58.7 Å². The Hall–Kier alpha value is -2.56. The Kier molecular flexibility index (Phi) is 7.41. The molecule has 1 saturated carbocycles. The Morgan fingerprint density at radius 1 is 1.17 bits per heavy atom. The maximum Gasteiger partial charge on any atom is 0.416 e. The minimum absolute atomic E-state index is 0.0446. The van der Waals surface area contributed by atoms with Crippen molar-refractivity contribution in [3.8, 4) is 0 Å². The molecule has 8 nitrogen and oxygen atoms in total. The van der Waals surface area contributed by atoms with E-state index >= 15 is 0 Å². The predicted octanol–water partition coefficient (Wildman–Crippen LogP) is 3.85. The zero-order valence-electron chi connectivity index (χ0n) is 21.1. The summed E-state index contributed by atoms with van der Waals surface area (Å²) in [6.07, 6.45) is -1.11. The number of anilines is 1. The summed E-state index contributed by atoms with van der Waals surface area (Å²) in [5.41, 5.74) is -1.98. The highest BCUT2D eigenvalue weighted by Crippen LogP contribution is 2.49. The summed E-state index contributed by atoms with van der Waals surface area (Å²) in [6.45, 7) is 8.14. The zero-order chi connectivity index (χ0) is 26.1. The fourth-order valence-corrected chi connectivity index (χ4v) is 5.60. The van der Waals surface area contributed by atoms with Crippen LogP contribution in [0.4, 0.5) is 23.8 Å². The van der Waals surface area contributed by atoms with Crippen LogP contribution in [0, 0.1) is 11.3 Å². The average Bonchev–Trinajstić information content (AvgIpc) is 3.48. The molecule has 1 aromatic rings. The van der Waals surface area contributed by atoms with Gasteiger partial charge in [-0.25, -0.2) is 9.78 Å². The molecular weight excluding hydrogens is 477 g/mol. The van der Waals surface area contributed by atoms with E-state index in [1.807, 2.05) is 4.90 Å². The van der Waals surface area contributed by atoms with Gasteiger partial charge in [0.1, 0.15) is 11.4 Å². The summed E-state index contributed by atoms with van der Waals surface area (Å²) in [6, 6.07) is 1.84. The van der Waals surface area contributed by atoms with E-state index < -0.39 is 28.8 Å². The number of halogens is 3. The van der Waals surface area contributed by atoms with Crippen LogP contribution >= 0.6 is 0 Å². The van der Waals surface area contributed by atoms with Crippen LogP contribution in [0.25, 0.3) is 0 Å². The lowest BCUT2D eigenvalue weighted by molar-refractivity contribution is -0.146. The number of nitrogens with one attached hydrogen (secondary N) is 1. The van der Waals surface area contributed by atoms with E-state index in [9.17, 15) is 22.8 Å². The molecule has 3 fully saturated rings. The first-order valence-corrected chi connectivity index (χ1v) is 12.5. The molecule has 3 aliphatic rings. The van der Waals surface area contributed by atoms with Crippen molar-refractivity contribution in [1.29, 1.82) is 0 Å². The average molecular weight is 513 g/mol. The number of rotatable bonds is 4. The number of alkyl carbamates (subject to hydrolysis) is 1. The fraction of sp³-hybridized carbons (Fsp3) is 0.720. The lowest BCUT2D eigenvalue weighted by Crippen LogP contribution is -2.55. The number of hydrogen-bond donors (Lipinski definition) is 1. The molecular formula is C25H35F3N4O4. The molecule has 2 saturated heterocycles. The van der Waals surface area contributed by atoms with Crippen molar-refractivity contribution < 1.29 is 32.2 Å². The van der Waals surface area contributed by atoms with Crippen molar-refractivity contribution >= 4 is 17.8 Å². The first kappa shape index (κ1) is 26.5. The summed E-state index contributed by atoms with van der Waals surface area (Å²) in [5, 5.41) is 2.94. The van der Waals surface area contributed by atoms with Crippen LogP contribution in [0.15, 0.2) is 18.3 Å². The molecule has 1 unspecified atom stereocenters. The number of carbonyl (C=O) groups excluding carboxylic acids is 2. The van der Waals surface area contributed by atoms with Crippen LogP contribution in [0.1, 0.15) is 52.0 Å². The molecule has 36 heavy (non-hydrogen) atoms. The van der Waals surface area contributed by atoms with Crippen molar-refractivity contribution in [3.63, 3.8) is 0 Å². The van der Waals surface area contributed by atoms with E-state index in [1.54, 1.807) is 25.7 Å². The molecule has 4 rings (SSSR count). The minimum Gasteiger partial charge on any atom is -0.444 e. The Morgan fingerprint density at radius 2 is 1.89 bits per heavy atom. The van der Waals surface area contributed by atoms with Gasteiger partial charge in [-0.15, -0.1) is 0 Å². The van der Waals surface area contributed by atoms with E-state index in [-0.39, 0.29) is 23.7 Å². The van der Waals surface area contributed by atoms with Crippen molar-refractivity contribution in [3.05, 3.63) is 23.9 Å². The molecule has 0 radical (unpaired) electrons. The van der Waals surface area contributed by atoms with E-state index in [0.717, 1.165) is 18.6 Å². The van der Waals surface area contributed by atoms with Gasteiger partial charge in [0.15, 0.2) is 0 Å². The number of nitrogens with zero attached hydrogens (tertiary/aromatic N) is 3. The number of carbonyl (C=O) groups is 2. The SMILES string of the molecule is CC(C)(C)OC(=O)N[C@@H]1CC[C@@](C(=O)N2CCN(c3cc(C(F)(F)F)ccn3)CC2)(C2CCOC2)C1. The maximum atomic E-state index is 13.9. The van der Waals surface area contributed by atoms with Crippen molar-refractivity contribution in [2.75, 3.05) is 44.3 Å². The van der Waals surface area contributed by atoms with Crippen molar-refractivity contribution in [2.45, 2.75) is 64.3 Å². The van der Waals surface area contributed by atoms with Gasteiger partial charge < -0.3 is 24.6 Å². The highest BCUT2D eigenvalue weighted by Gasteiger charge is 2.53. The van der Waals surface area contributed by atoms with Gasteiger partial charge in [-0.05, 0) is 64.5 Å². The van der Waals surface area contributed by atoms with Crippen LogP contribution < -0.4 is 10.2 Å². The number of ether oxygens (including phenoxy) is 2. The van der Waals surface area contributed by atoms with Crippen molar-refractivity contribution in [2.24, 2.45) is 11.3 Å². The quantitative estimate of drug-likeness (QED) is 0.660. The summed E-state index contributed by atoms with van der Waals surface area (Å²) in [7, 11) is 0. The summed E-state index contributed by atoms with van der Waals surface area (Å²) in [5.74, 6) is 0.375. The van der Waals surface area contributed by atoms with Crippen LogP contribution in [-0.4, -0.2) is 72.9 Å². The second-order valence-electron chi connectivity index (χ2n) is 11.0. The number of aromatic nitrogens is 1. The standard InChI is InChI=1S/C25H35F3N4O4/c1-23(2,3)36-22(34)30-19-4-7-24(15-19,18-6-13-35-16-18)21(33)32-11-9-31(10-12-32)20-14-17(5-8-29-20)25(26,27)28/h5,8,14,18-19H,4,6-7,9-13,15-16H2,1-3H3,(H,30,34)/t18?,19-,24+/m1/s1. The topological polar surface area (TPSA) is 84.0 Å². The minimum atomic E-state index is -4.43. The molecule has 0 aromatic carbocycles. The third-order valence-electron chi connectivity index (χ3n) is 7.37. The molecule has 2 aliphatic heterocycles. The predicted molar refractivity (Wildman–Crippen MR) is 126 cm³/mol. The van der Waals surface area contributed by atoms with E-state index in [4.69, 9.17) is 9.47 Å². The van der Waals surface area contributed by atoms with Gasteiger partial charge in [0.2, 0.25) is 5.91 Å². The largest absolute Gasteiger partial charge is 0.444 e. The normalized spacial score (nSPS) is 27.3. The third-order valence-corrected chi connectivity index (χ3v) is 7.37. The smallest absolute Gasteiger partial charge is 0.416 e. The number of amides is 2. The molecule has 0 spiro atoms. The lowest BCUT2D eigenvalue weighted by atomic mass is 9.72. The molecule has 3 heterocycles. The van der Waals surface area contributed by atoms with Gasteiger partial charge in [0.05, 0.1) is 17.6 Å². The fourth-order valence-electron chi connectivity index (χ4n) is 5.60. The van der Waals surface area contributed by atoms with Gasteiger partial charge in [-0.3, -0.25) is 4.79 Å². The maximum absolute atomic E-state index is 13.9. The van der Waals surface area contributed by atoms with Gasteiger partial charge in [0, 0.05) is 45.0 Å². The lowest BCUT2D eigenvalue weighted by Gasteiger charge is -2.42. The van der Waals surface area contributed by atoms with Gasteiger partial charge in [-0.1, -0.05) is 0 Å². The first-order valence-electron chi connectivity index (χ1n) is 12.5. The zero-order valence-corrected chi connectivity index (χ0v) is 21.1. The summed E-state index contributed by atoms with van der Waals surface area (Å²) < 4.78 is 50.4. The molecule has 3 atom stereocenters. The van der Waals surface area contributed by atoms with Crippen LogP contribution in [0.5, 0.6) is 0 Å². The monoisotopic (exact) mass is 512 g/mol. The molecule has 11 heteroatoms. The second kappa shape index (κ2) is 10.1. The van der Waals surface area contributed by atoms with Crippen LogP contribution in [0.2, 0.25) is 0 Å². The van der Waals surface area contributed by atoms with E-state index in [1.165, 1.54) is 6.20 Å². The highest BCUT2D eigenvalue weighted by molar-refractivity contribution is 5.84. The molecule has 2 amide bonds. The summed E-state index contributed by atoms with van der Waals surface area (Å²) in [4.78, 5) is 34.0. The molecule has 0 bridgehead atoms. The highest BCUT2D eigenvalue weighted by atomic mass is 19.4. The number of piperazine rings is 1. The number of alkyl halides is 3. The molecule has 1 aromatic heterocycles. The second-order valence-corrected chi connectivity index (χ2v) is 11.0. The van der Waals surface area contributed by atoms with Gasteiger partial charge >= 0.3 is 12.3 Å². The first-order chi connectivity index (χ1) is 16.9. The van der Waals surface area contributed by atoms with E-state index in [2.05, 4.69) is 10.3 Å². The number of hydrogen-bond acceptors (Lipinski definition) is 6. The Morgan fingerprint density at radius 3 is 2.50 bits per heavy atom. The Labute approximate surface area is 209 Å². The van der Waals surface area contributed by atoms with Crippen LogP contribution in [-0.2, 0) is 20.4 Å². The molecule has 1 N–H and O–H groups in total. The molecule has 200 valence electrons. The van der Waals surface area contributed by atoms with Crippen molar-refractivity contribution in [1.82, 2.24) is 15.2 Å².